The molecule has 0 radical (unpaired) electrons. The van der Waals surface area contributed by atoms with Gasteiger partial charge in [0.2, 0.25) is 0 Å². The van der Waals surface area contributed by atoms with E-state index in [1.54, 1.807) is 0 Å². The first-order valence-electron chi connectivity index (χ1n) is 11.3. The number of pyridine rings is 1. The molecular weight excluding hydrogens is 388 g/mol. The van der Waals surface area contributed by atoms with Gasteiger partial charge in [0.1, 0.15) is 0 Å². The van der Waals surface area contributed by atoms with Gasteiger partial charge in [-0.15, -0.1) is 0 Å². The molecule has 2 aliphatic heterocycles. The van der Waals surface area contributed by atoms with Crippen LogP contribution < -0.4 is 15.2 Å². The summed E-state index contributed by atoms with van der Waals surface area (Å²) in [6.45, 7) is 11.6. The van der Waals surface area contributed by atoms with E-state index >= 15 is 0 Å². The van der Waals surface area contributed by atoms with Gasteiger partial charge in [-0.3, -0.25) is 14.7 Å². The molecule has 0 saturated carbocycles. The van der Waals surface area contributed by atoms with Crippen LogP contribution in [0.25, 0.3) is 21.7 Å². The lowest BCUT2D eigenvalue weighted by Crippen LogP contribution is -2.48. The Morgan fingerprint density at radius 2 is 1.52 bits per heavy atom. The second kappa shape index (κ2) is 8.44. The van der Waals surface area contributed by atoms with Crippen LogP contribution in [-0.2, 0) is 4.74 Å². The van der Waals surface area contributed by atoms with Crippen molar-refractivity contribution in [3.8, 4) is 0 Å². The Balaban J connectivity index is 1.54. The summed E-state index contributed by atoms with van der Waals surface area (Å²) in [4.78, 5) is 25.4. The molecule has 6 nitrogen and oxygen atoms in total. The van der Waals surface area contributed by atoms with Gasteiger partial charge < -0.3 is 14.5 Å². The molecule has 31 heavy (non-hydrogen) atoms. The van der Waals surface area contributed by atoms with E-state index in [1.165, 1.54) is 0 Å². The van der Waals surface area contributed by atoms with Gasteiger partial charge in [0.25, 0.3) is 0 Å². The summed E-state index contributed by atoms with van der Waals surface area (Å²) in [5.74, 6) is 0. The molecule has 0 unspecified atom stereocenters. The summed E-state index contributed by atoms with van der Waals surface area (Å²) < 4.78 is 5.48. The lowest BCUT2D eigenvalue weighted by atomic mass is 10.1. The lowest BCUT2D eigenvalue weighted by molar-refractivity contribution is 0.122. The van der Waals surface area contributed by atoms with E-state index in [9.17, 15) is 4.79 Å². The third kappa shape index (κ3) is 3.98. The highest BCUT2D eigenvalue weighted by atomic mass is 16.5. The Bertz CT molecular complexity index is 1150. The van der Waals surface area contributed by atoms with Crippen molar-refractivity contribution in [3.05, 3.63) is 52.8 Å². The Labute approximate surface area is 183 Å². The summed E-state index contributed by atoms with van der Waals surface area (Å²) in [5, 5.41) is 2.40. The van der Waals surface area contributed by atoms with Crippen LogP contribution in [0.2, 0.25) is 0 Å². The van der Waals surface area contributed by atoms with E-state index < -0.39 is 0 Å². The minimum absolute atomic E-state index is 0.0558. The summed E-state index contributed by atoms with van der Waals surface area (Å²) in [6.07, 6.45) is 1.91. The average Bonchev–Trinajstić information content (AvgIpc) is 2.96. The van der Waals surface area contributed by atoms with Crippen LogP contribution in [0, 0.1) is 0 Å². The lowest BCUT2D eigenvalue weighted by Gasteiger charge is -2.38. The number of hydrogen-bond acceptors (Lipinski definition) is 6. The minimum Gasteiger partial charge on any atom is -0.378 e. The largest absolute Gasteiger partial charge is 0.378 e. The number of nitrogens with zero attached hydrogens (tertiary/aromatic N) is 4. The van der Waals surface area contributed by atoms with E-state index in [2.05, 4.69) is 39.6 Å². The third-order valence-electron chi connectivity index (χ3n) is 6.64. The second-order valence-corrected chi connectivity index (χ2v) is 8.78. The molecule has 0 bridgehead atoms. The smallest absolute Gasteiger partial charge is 0.195 e. The van der Waals surface area contributed by atoms with Crippen molar-refractivity contribution in [2.45, 2.75) is 19.9 Å². The van der Waals surface area contributed by atoms with Gasteiger partial charge in [-0.25, -0.2) is 0 Å². The molecule has 1 aromatic heterocycles. The molecule has 3 heterocycles. The fourth-order valence-electron chi connectivity index (χ4n) is 4.67. The monoisotopic (exact) mass is 418 g/mol. The van der Waals surface area contributed by atoms with Gasteiger partial charge >= 0.3 is 0 Å². The average molecular weight is 419 g/mol. The van der Waals surface area contributed by atoms with Crippen LogP contribution in [0.1, 0.15) is 13.8 Å². The summed E-state index contributed by atoms with van der Waals surface area (Å²) in [7, 11) is 0. The van der Waals surface area contributed by atoms with Gasteiger partial charge in [0.15, 0.2) is 5.43 Å². The van der Waals surface area contributed by atoms with Gasteiger partial charge in [-0.2, -0.15) is 0 Å². The number of anilines is 2. The van der Waals surface area contributed by atoms with Crippen molar-refractivity contribution >= 4 is 33.1 Å². The predicted octanol–water partition coefficient (Wildman–Crippen LogP) is 3.12. The maximum atomic E-state index is 13.6. The zero-order chi connectivity index (χ0) is 21.4. The van der Waals surface area contributed by atoms with Crippen LogP contribution in [0.15, 0.2) is 47.4 Å². The molecule has 6 heteroatoms. The predicted molar refractivity (Wildman–Crippen MR) is 127 cm³/mol. The van der Waals surface area contributed by atoms with Crippen LogP contribution in [0.4, 0.5) is 11.4 Å². The Kier molecular flexibility index (Phi) is 5.50. The standard InChI is InChI=1S/C25H30N4O2/c1-18(2)27-7-9-28(10-8-27)21-16-23-24(26-17-21)6-4-19-3-5-20(15-22(19)25(23)30)29-11-13-31-14-12-29/h3-6,15-18H,7-14H2,1-2H3. The first-order chi connectivity index (χ1) is 15.1. The first kappa shape index (κ1) is 20.2. The highest BCUT2D eigenvalue weighted by Crippen LogP contribution is 2.24. The van der Waals surface area contributed by atoms with Gasteiger partial charge in [0.05, 0.1) is 36.0 Å². The van der Waals surface area contributed by atoms with Gasteiger partial charge in [0, 0.05) is 56.4 Å². The molecule has 162 valence electrons. The second-order valence-electron chi connectivity index (χ2n) is 8.78. The third-order valence-corrected chi connectivity index (χ3v) is 6.64. The van der Waals surface area contributed by atoms with Crippen molar-refractivity contribution in [1.29, 1.82) is 0 Å². The molecule has 2 aromatic carbocycles. The van der Waals surface area contributed by atoms with Crippen molar-refractivity contribution in [3.63, 3.8) is 0 Å². The van der Waals surface area contributed by atoms with Crippen LogP contribution >= 0.6 is 0 Å². The quantitative estimate of drug-likeness (QED) is 0.651. The Morgan fingerprint density at radius 3 is 2.26 bits per heavy atom. The fraction of sp³-hybridized carbons (Fsp3) is 0.440. The van der Waals surface area contributed by atoms with Crippen molar-refractivity contribution < 1.29 is 4.74 Å². The topological polar surface area (TPSA) is 48.9 Å². The maximum absolute atomic E-state index is 13.6. The Hall–Kier alpha value is -2.70. The van der Waals surface area contributed by atoms with Crippen LogP contribution in [0.3, 0.4) is 0 Å². The van der Waals surface area contributed by atoms with Crippen LogP contribution in [0.5, 0.6) is 0 Å². The molecule has 2 fully saturated rings. The number of hydrogen-bond donors (Lipinski definition) is 0. The number of piperazine rings is 1. The zero-order valence-electron chi connectivity index (χ0n) is 18.4. The molecule has 2 saturated heterocycles. The number of aromatic nitrogens is 1. The summed E-state index contributed by atoms with van der Waals surface area (Å²) in [5.41, 5.74) is 2.93. The maximum Gasteiger partial charge on any atom is 0.195 e. The van der Waals surface area contributed by atoms with E-state index in [4.69, 9.17) is 4.74 Å². The molecule has 2 aliphatic rings. The van der Waals surface area contributed by atoms with Crippen LogP contribution in [-0.4, -0.2) is 68.4 Å². The zero-order valence-corrected chi connectivity index (χ0v) is 18.4. The van der Waals surface area contributed by atoms with Crippen molar-refractivity contribution in [1.82, 2.24) is 9.88 Å². The van der Waals surface area contributed by atoms with Gasteiger partial charge in [-0.05, 0) is 43.5 Å². The molecule has 0 atom stereocenters. The molecule has 0 amide bonds. The molecule has 5 rings (SSSR count). The van der Waals surface area contributed by atoms with E-state index in [1.807, 2.05) is 36.5 Å². The normalized spacial score (nSPS) is 18.3. The van der Waals surface area contributed by atoms with Gasteiger partial charge in [-0.1, -0.05) is 12.1 Å². The molecule has 0 spiro atoms. The van der Waals surface area contributed by atoms with Crippen molar-refractivity contribution in [2.75, 3.05) is 62.3 Å². The van der Waals surface area contributed by atoms with E-state index in [-0.39, 0.29) is 5.43 Å². The molecule has 3 aromatic rings. The number of morpholine rings is 1. The molecular formula is C25H30N4O2. The van der Waals surface area contributed by atoms with E-state index in [0.717, 1.165) is 80.1 Å². The summed E-state index contributed by atoms with van der Waals surface area (Å²) >= 11 is 0. The Morgan fingerprint density at radius 1 is 0.839 bits per heavy atom. The SMILES string of the molecule is CC(C)N1CCN(c2cnc3ccc4ccc(N5CCOCC5)cc4c(=O)c3c2)CC1. The molecule has 0 aliphatic carbocycles. The summed E-state index contributed by atoms with van der Waals surface area (Å²) in [6, 6.07) is 12.8. The number of ether oxygens (including phenoxy) is 1. The highest BCUT2D eigenvalue weighted by molar-refractivity contribution is 5.94. The first-order valence-corrected chi connectivity index (χ1v) is 11.3. The number of fused-ring (bicyclic) bond motifs is 2. The fourth-order valence-corrected chi connectivity index (χ4v) is 4.67. The van der Waals surface area contributed by atoms with Crippen molar-refractivity contribution in [2.24, 2.45) is 0 Å². The number of rotatable bonds is 3. The van der Waals surface area contributed by atoms with E-state index in [0.29, 0.717) is 11.4 Å². The minimum atomic E-state index is 0.0558. The number of benzene rings is 1. The highest BCUT2D eigenvalue weighted by Gasteiger charge is 2.20. The molecule has 0 N–H and O–H groups in total.